The standard InChI is InChI=1S/C20H22F4O2/c1-13-6-4-5-7-14(13)11-19(26,20(22,23)24)12-18(2,3)16-10-15(21)8-9-17(16)25/h4-10,25-26H,11-12H2,1-3H3. The first kappa shape index (κ1) is 20.2. The van der Waals surface area contributed by atoms with Crippen molar-refractivity contribution in [2.45, 2.75) is 50.8 Å². The van der Waals surface area contributed by atoms with Gasteiger partial charge >= 0.3 is 6.18 Å². The Labute approximate surface area is 150 Å². The number of aliphatic hydroxyl groups is 1. The van der Waals surface area contributed by atoms with Crippen LogP contribution in [0.5, 0.6) is 5.75 Å². The summed E-state index contributed by atoms with van der Waals surface area (Å²) in [6.45, 7) is 4.56. The lowest BCUT2D eigenvalue weighted by Gasteiger charge is -2.38. The van der Waals surface area contributed by atoms with E-state index in [-0.39, 0.29) is 11.3 Å². The zero-order chi connectivity index (χ0) is 19.8. The van der Waals surface area contributed by atoms with E-state index >= 15 is 0 Å². The Hall–Kier alpha value is -2.08. The van der Waals surface area contributed by atoms with Gasteiger partial charge in [0, 0.05) is 12.0 Å². The highest BCUT2D eigenvalue weighted by molar-refractivity contribution is 5.39. The summed E-state index contributed by atoms with van der Waals surface area (Å²) in [4.78, 5) is 0. The molecule has 142 valence electrons. The van der Waals surface area contributed by atoms with E-state index in [1.165, 1.54) is 13.8 Å². The Kier molecular flexibility index (Phi) is 5.38. The van der Waals surface area contributed by atoms with Crippen molar-refractivity contribution in [2.75, 3.05) is 0 Å². The molecule has 6 heteroatoms. The Morgan fingerprint density at radius 2 is 1.62 bits per heavy atom. The Morgan fingerprint density at radius 1 is 1.00 bits per heavy atom. The van der Waals surface area contributed by atoms with Crippen LogP contribution in [-0.2, 0) is 11.8 Å². The van der Waals surface area contributed by atoms with Crippen LogP contribution in [0.4, 0.5) is 17.6 Å². The van der Waals surface area contributed by atoms with Crippen LogP contribution in [0, 0.1) is 12.7 Å². The van der Waals surface area contributed by atoms with Gasteiger partial charge in [0.25, 0.3) is 0 Å². The predicted molar refractivity (Wildman–Crippen MR) is 91.6 cm³/mol. The van der Waals surface area contributed by atoms with Gasteiger partial charge < -0.3 is 10.2 Å². The minimum atomic E-state index is -4.89. The van der Waals surface area contributed by atoms with Crippen molar-refractivity contribution in [3.8, 4) is 5.75 Å². The second-order valence-electron chi connectivity index (χ2n) is 7.35. The maximum Gasteiger partial charge on any atom is 0.417 e. The summed E-state index contributed by atoms with van der Waals surface area (Å²) in [5.74, 6) is -0.975. The highest BCUT2D eigenvalue weighted by Crippen LogP contribution is 2.45. The molecule has 0 saturated carbocycles. The zero-order valence-electron chi connectivity index (χ0n) is 14.9. The topological polar surface area (TPSA) is 40.5 Å². The number of halogens is 4. The monoisotopic (exact) mass is 370 g/mol. The van der Waals surface area contributed by atoms with Crippen molar-refractivity contribution in [3.63, 3.8) is 0 Å². The molecule has 2 nitrogen and oxygen atoms in total. The fraction of sp³-hybridized carbons (Fsp3) is 0.400. The molecule has 2 N–H and O–H groups in total. The van der Waals surface area contributed by atoms with Gasteiger partial charge in [-0.25, -0.2) is 4.39 Å². The van der Waals surface area contributed by atoms with E-state index in [0.29, 0.717) is 11.1 Å². The van der Waals surface area contributed by atoms with Crippen LogP contribution in [0.25, 0.3) is 0 Å². The van der Waals surface area contributed by atoms with Gasteiger partial charge in [-0.2, -0.15) is 13.2 Å². The summed E-state index contributed by atoms with van der Waals surface area (Å²) >= 11 is 0. The first-order valence-electron chi connectivity index (χ1n) is 8.18. The van der Waals surface area contributed by atoms with Gasteiger partial charge in [0.2, 0.25) is 0 Å². The number of hydrogen-bond donors (Lipinski definition) is 2. The predicted octanol–water partition coefficient (Wildman–Crippen LogP) is 5.04. The number of benzene rings is 2. The lowest BCUT2D eigenvalue weighted by molar-refractivity contribution is -0.266. The van der Waals surface area contributed by atoms with Gasteiger partial charge in [0.15, 0.2) is 5.60 Å². The number of phenols is 1. The molecule has 0 fully saturated rings. The maximum atomic E-state index is 13.8. The molecule has 0 spiro atoms. The fourth-order valence-corrected chi connectivity index (χ4v) is 3.26. The van der Waals surface area contributed by atoms with Gasteiger partial charge in [0.05, 0.1) is 0 Å². The number of aromatic hydroxyl groups is 1. The Bertz CT molecular complexity index is 784. The quantitative estimate of drug-likeness (QED) is 0.724. The van der Waals surface area contributed by atoms with Crippen LogP contribution in [0.1, 0.15) is 37.0 Å². The SMILES string of the molecule is Cc1ccccc1CC(O)(CC(C)(C)c1cc(F)ccc1O)C(F)(F)F. The summed E-state index contributed by atoms with van der Waals surface area (Å²) < 4.78 is 54.8. The Balaban J connectivity index is 2.44. The third-order valence-corrected chi connectivity index (χ3v) is 4.69. The molecule has 0 aliphatic heterocycles. The van der Waals surface area contributed by atoms with E-state index in [2.05, 4.69) is 0 Å². The third-order valence-electron chi connectivity index (χ3n) is 4.69. The maximum absolute atomic E-state index is 13.8. The molecule has 0 radical (unpaired) electrons. The fourth-order valence-electron chi connectivity index (χ4n) is 3.26. The average molecular weight is 370 g/mol. The zero-order valence-corrected chi connectivity index (χ0v) is 14.9. The molecule has 1 atom stereocenters. The van der Waals surface area contributed by atoms with Crippen molar-refractivity contribution in [2.24, 2.45) is 0 Å². The van der Waals surface area contributed by atoms with Crippen LogP contribution < -0.4 is 0 Å². The first-order valence-corrected chi connectivity index (χ1v) is 8.18. The number of hydrogen-bond acceptors (Lipinski definition) is 2. The molecule has 0 heterocycles. The highest BCUT2D eigenvalue weighted by Gasteiger charge is 2.56. The van der Waals surface area contributed by atoms with E-state index in [0.717, 1.165) is 18.2 Å². The van der Waals surface area contributed by atoms with E-state index in [4.69, 9.17) is 0 Å². The van der Waals surface area contributed by atoms with E-state index < -0.39 is 35.9 Å². The summed E-state index contributed by atoms with van der Waals surface area (Å²) in [5.41, 5.74) is -3.31. The molecule has 0 aliphatic rings. The number of alkyl halides is 3. The minimum Gasteiger partial charge on any atom is -0.508 e. The first-order chi connectivity index (χ1) is 11.9. The van der Waals surface area contributed by atoms with E-state index in [1.54, 1.807) is 31.2 Å². The second-order valence-corrected chi connectivity index (χ2v) is 7.35. The van der Waals surface area contributed by atoms with Gasteiger partial charge in [0.1, 0.15) is 11.6 Å². The summed E-state index contributed by atoms with van der Waals surface area (Å²) in [7, 11) is 0. The van der Waals surface area contributed by atoms with Crippen molar-refractivity contribution in [1.82, 2.24) is 0 Å². The smallest absolute Gasteiger partial charge is 0.417 e. The van der Waals surface area contributed by atoms with Gasteiger partial charge in [-0.05, 0) is 48.1 Å². The molecule has 2 rings (SSSR count). The molecule has 2 aromatic carbocycles. The van der Waals surface area contributed by atoms with Gasteiger partial charge in [-0.15, -0.1) is 0 Å². The van der Waals surface area contributed by atoms with E-state index in [9.17, 15) is 27.8 Å². The molecule has 0 saturated heterocycles. The Morgan fingerprint density at radius 3 is 2.19 bits per heavy atom. The van der Waals surface area contributed by atoms with Crippen LogP contribution in [-0.4, -0.2) is 22.0 Å². The van der Waals surface area contributed by atoms with Crippen LogP contribution in [0.15, 0.2) is 42.5 Å². The third kappa shape index (κ3) is 4.18. The lowest BCUT2D eigenvalue weighted by Crippen LogP contribution is -2.51. The lowest BCUT2D eigenvalue weighted by atomic mass is 9.72. The van der Waals surface area contributed by atoms with Crippen LogP contribution >= 0.6 is 0 Å². The van der Waals surface area contributed by atoms with Crippen LogP contribution in [0.3, 0.4) is 0 Å². The normalized spacial score (nSPS) is 14.9. The second kappa shape index (κ2) is 6.91. The highest BCUT2D eigenvalue weighted by atomic mass is 19.4. The minimum absolute atomic E-state index is 0.0185. The summed E-state index contributed by atoms with van der Waals surface area (Å²) in [5, 5.41) is 20.6. The molecule has 0 bridgehead atoms. The molecular formula is C20H22F4O2. The molecule has 0 aromatic heterocycles. The molecule has 0 aliphatic carbocycles. The van der Waals surface area contributed by atoms with Gasteiger partial charge in [-0.3, -0.25) is 0 Å². The summed E-state index contributed by atoms with van der Waals surface area (Å²) in [6, 6.07) is 9.66. The van der Waals surface area contributed by atoms with Gasteiger partial charge in [-0.1, -0.05) is 38.1 Å². The van der Waals surface area contributed by atoms with Crippen molar-refractivity contribution < 1.29 is 27.8 Å². The molecule has 1 unspecified atom stereocenters. The molecule has 26 heavy (non-hydrogen) atoms. The van der Waals surface area contributed by atoms with Crippen LogP contribution in [0.2, 0.25) is 0 Å². The van der Waals surface area contributed by atoms with Crippen molar-refractivity contribution >= 4 is 0 Å². The largest absolute Gasteiger partial charge is 0.508 e. The average Bonchev–Trinajstić information content (AvgIpc) is 2.50. The number of rotatable bonds is 5. The van der Waals surface area contributed by atoms with Crippen molar-refractivity contribution in [1.29, 1.82) is 0 Å². The molecule has 2 aromatic rings. The van der Waals surface area contributed by atoms with Crippen molar-refractivity contribution in [3.05, 3.63) is 65.0 Å². The summed E-state index contributed by atoms with van der Waals surface area (Å²) in [6.07, 6.45) is -6.24. The number of aryl methyl sites for hydroxylation is 1. The molecule has 0 amide bonds. The molecular weight excluding hydrogens is 348 g/mol. The van der Waals surface area contributed by atoms with E-state index in [1.807, 2.05) is 0 Å². The number of phenolic OH excluding ortho intramolecular Hbond substituents is 1.